The van der Waals surface area contributed by atoms with Crippen LogP contribution in [0.25, 0.3) is 33.0 Å². The molecule has 0 bridgehead atoms. The van der Waals surface area contributed by atoms with Crippen LogP contribution < -0.4 is 0 Å². The summed E-state index contributed by atoms with van der Waals surface area (Å²) in [7, 11) is 0. The van der Waals surface area contributed by atoms with Gasteiger partial charge in [0.05, 0.1) is 0 Å². The molecule has 5 heteroatoms. The maximum atomic E-state index is 5.37. The lowest BCUT2D eigenvalue weighted by Crippen LogP contribution is -1.66. The van der Waals surface area contributed by atoms with E-state index in [4.69, 9.17) is 13.3 Å². The molecule has 6 aromatic rings. The standard InChI is InChI=1S/C9H8O.2C8H7NO/c1-7-6-8-4-2-3-5-9(8)10-7;1-6-4-7-5-9-3-2-8(7)10-6;1-6-5-7-8(10-6)3-2-4-9-7/h2-6H,1H3;2*2-5H,1H3. The second-order valence-electron chi connectivity index (χ2n) is 6.91. The van der Waals surface area contributed by atoms with E-state index in [1.807, 2.05) is 81.4 Å². The summed E-state index contributed by atoms with van der Waals surface area (Å²) >= 11 is 0. The number of para-hydroxylation sites is 1. The summed E-state index contributed by atoms with van der Waals surface area (Å²) in [5.74, 6) is 2.82. The molecule has 5 heterocycles. The van der Waals surface area contributed by atoms with E-state index in [-0.39, 0.29) is 0 Å². The molecule has 0 saturated carbocycles. The van der Waals surface area contributed by atoms with Crippen LogP contribution in [0.3, 0.4) is 0 Å². The molecule has 0 spiro atoms. The molecule has 0 N–H and O–H groups in total. The average Bonchev–Trinajstić information content (AvgIpc) is 3.41. The van der Waals surface area contributed by atoms with E-state index in [1.165, 1.54) is 5.39 Å². The van der Waals surface area contributed by atoms with Crippen molar-refractivity contribution in [3.63, 3.8) is 0 Å². The van der Waals surface area contributed by atoms with Crippen LogP contribution in [0.1, 0.15) is 17.3 Å². The van der Waals surface area contributed by atoms with Gasteiger partial charge in [0, 0.05) is 35.4 Å². The molecule has 6 rings (SSSR count). The Morgan fingerprint density at radius 2 is 1.23 bits per heavy atom. The van der Waals surface area contributed by atoms with Crippen molar-refractivity contribution in [3.05, 3.63) is 96.5 Å². The zero-order valence-corrected chi connectivity index (χ0v) is 17.1. The second-order valence-corrected chi connectivity index (χ2v) is 6.91. The van der Waals surface area contributed by atoms with Gasteiger partial charge in [-0.3, -0.25) is 9.97 Å². The lowest BCUT2D eigenvalue weighted by Gasteiger charge is -1.82. The minimum atomic E-state index is 0.861. The summed E-state index contributed by atoms with van der Waals surface area (Å²) in [6.45, 7) is 5.81. The average molecular weight is 398 g/mol. The highest BCUT2D eigenvalue weighted by Crippen LogP contribution is 2.17. The lowest BCUT2D eigenvalue weighted by atomic mass is 10.2. The van der Waals surface area contributed by atoms with Crippen molar-refractivity contribution in [2.24, 2.45) is 0 Å². The van der Waals surface area contributed by atoms with Crippen molar-refractivity contribution in [2.45, 2.75) is 20.8 Å². The maximum Gasteiger partial charge on any atom is 0.152 e. The van der Waals surface area contributed by atoms with Gasteiger partial charge in [-0.2, -0.15) is 0 Å². The Hall–Kier alpha value is -3.86. The molecular formula is C25H22N2O3. The molecule has 5 aromatic heterocycles. The minimum Gasteiger partial charge on any atom is -0.461 e. The zero-order valence-electron chi connectivity index (χ0n) is 17.1. The predicted molar refractivity (Wildman–Crippen MR) is 118 cm³/mol. The first-order valence-electron chi connectivity index (χ1n) is 9.65. The first-order valence-corrected chi connectivity index (χ1v) is 9.65. The van der Waals surface area contributed by atoms with Gasteiger partial charge in [-0.1, -0.05) is 18.2 Å². The van der Waals surface area contributed by atoms with Crippen molar-refractivity contribution in [1.29, 1.82) is 0 Å². The summed E-state index contributed by atoms with van der Waals surface area (Å²) < 4.78 is 16.0. The molecule has 0 unspecified atom stereocenters. The molecule has 0 radical (unpaired) electrons. The van der Waals surface area contributed by atoms with Crippen LogP contribution in [-0.2, 0) is 0 Å². The van der Waals surface area contributed by atoms with Crippen molar-refractivity contribution in [2.75, 3.05) is 0 Å². The Kier molecular flexibility index (Phi) is 5.61. The first kappa shape index (κ1) is 19.5. The van der Waals surface area contributed by atoms with Crippen molar-refractivity contribution < 1.29 is 13.3 Å². The highest BCUT2D eigenvalue weighted by atomic mass is 16.3. The van der Waals surface area contributed by atoms with Gasteiger partial charge in [0.1, 0.15) is 34.0 Å². The third-order valence-electron chi connectivity index (χ3n) is 4.40. The predicted octanol–water partition coefficient (Wildman–Crippen LogP) is 7.01. The number of hydrogen-bond acceptors (Lipinski definition) is 5. The number of fused-ring (bicyclic) bond motifs is 3. The SMILES string of the molecule is Cc1cc2ccccc2o1.Cc1cc2cnccc2o1.Cc1cc2ncccc2o1. The number of pyridine rings is 2. The van der Waals surface area contributed by atoms with Crippen LogP contribution in [0, 0.1) is 20.8 Å². The van der Waals surface area contributed by atoms with Crippen molar-refractivity contribution >= 4 is 33.0 Å². The number of aryl methyl sites for hydroxylation is 3. The number of rotatable bonds is 0. The number of aromatic nitrogens is 2. The minimum absolute atomic E-state index is 0.861. The van der Waals surface area contributed by atoms with E-state index >= 15 is 0 Å². The monoisotopic (exact) mass is 398 g/mol. The molecular weight excluding hydrogens is 376 g/mol. The molecule has 5 nitrogen and oxygen atoms in total. The zero-order chi connectivity index (χ0) is 20.9. The summed E-state index contributed by atoms with van der Waals surface area (Å²) in [4.78, 5) is 8.07. The van der Waals surface area contributed by atoms with Gasteiger partial charge in [0.25, 0.3) is 0 Å². The van der Waals surface area contributed by atoms with Crippen molar-refractivity contribution in [3.8, 4) is 0 Å². The van der Waals surface area contributed by atoms with Gasteiger partial charge < -0.3 is 13.3 Å². The van der Waals surface area contributed by atoms with E-state index in [0.717, 1.165) is 44.9 Å². The van der Waals surface area contributed by atoms with E-state index in [1.54, 1.807) is 18.6 Å². The highest BCUT2D eigenvalue weighted by molar-refractivity contribution is 5.77. The van der Waals surface area contributed by atoms with Crippen molar-refractivity contribution in [1.82, 2.24) is 9.97 Å². The largest absolute Gasteiger partial charge is 0.461 e. The van der Waals surface area contributed by atoms with Crippen LogP contribution in [0.15, 0.2) is 92.5 Å². The highest BCUT2D eigenvalue weighted by Gasteiger charge is 1.98. The normalized spacial score (nSPS) is 10.5. The van der Waals surface area contributed by atoms with Crippen LogP contribution in [0.2, 0.25) is 0 Å². The summed E-state index contributed by atoms with van der Waals surface area (Å²) in [5, 5.41) is 2.25. The molecule has 0 aliphatic heterocycles. The van der Waals surface area contributed by atoms with E-state index in [9.17, 15) is 0 Å². The topological polar surface area (TPSA) is 65.2 Å². The fourth-order valence-electron chi connectivity index (χ4n) is 3.12. The van der Waals surface area contributed by atoms with Crippen LogP contribution in [0.4, 0.5) is 0 Å². The smallest absolute Gasteiger partial charge is 0.152 e. The van der Waals surface area contributed by atoms with Gasteiger partial charge in [-0.15, -0.1) is 0 Å². The molecule has 150 valence electrons. The van der Waals surface area contributed by atoms with E-state index in [2.05, 4.69) is 9.97 Å². The Labute approximate surface area is 174 Å². The molecule has 0 atom stereocenters. The second kappa shape index (κ2) is 8.66. The quantitative estimate of drug-likeness (QED) is 0.275. The van der Waals surface area contributed by atoms with Gasteiger partial charge in [-0.25, -0.2) is 0 Å². The molecule has 1 aromatic carbocycles. The van der Waals surface area contributed by atoms with E-state index in [0.29, 0.717) is 0 Å². The van der Waals surface area contributed by atoms with Gasteiger partial charge in [-0.05, 0) is 57.2 Å². The molecule has 0 saturated heterocycles. The Balaban J connectivity index is 0.000000109. The summed E-state index contributed by atoms with van der Waals surface area (Å²) in [6.07, 6.45) is 5.29. The van der Waals surface area contributed by atoms with Gasteiger partial charge >= 0.3 is 0 Å². The Morgan fingerprint density at radius 1 is 0.600 bits per heavy atom. The summed E-state index contributed by atoms with van der Waals surface area (Å²) in [5.41, 5.74) is 3.67. The van der Waals surface area contributed by atoms with Crippen LogP contribution in [0.5, 0.6) is 0 Å². The van der Waals surface area contributed by atoms with Gasteiger partial charge in [0.2, 0.25) is 0 Å². The molecule has 0 amide bonds. The van der Waals surface area contributed by atoms with Gasteiger partial charge in [0.15, 0.2) is 5.58 Å². The number of furan rings is 3. The van der Waals surface area contributed by atoms with E-state index < -0.39 is 0 Å². The third-order valence-corrected chi connectivity index (χ3v) is 4.40. The number of hydrogen-bond donors (Lipinski definition) is 0. The summed E-state index contributed by atoms with van der Waals surface area (Å²) in [6, 6.07) is 19.6. The molecule has 0 fully saturated rings. The third kappa shape index (κ3) is 4.58. The first-order chi connectivity index (χ1) is 14.6. The fourth-order valence-corrected chi connectivity index (χ4v) is 3.12. The van der Waals surface area contributed by atoms with Crippen LogP contribution in [-0.4, -0.2) is 9.97 Å². The molecule has 30 heavy (non-hydrogen) atoms. The Bertz CT molecular complexity index is 1120. The number of nitrogens with zero attached hydrogens (tertiary/aromatic N) is 2. The molecule has 0 aliphatic rings. The molecule has 0 aliphatic carbocycles. The fraction of sp³-hybridized carbons (Fsp3) is 0.120. The van der Waals surface area contributed by atoms with Crippen LogP contribution >= 0.6 is 0 Å². The maximum absolute atomic E-state index is 5.37. The number of benzene rings is 1. The Morgan fingerprint density at radius 3 is 1.97 bits per heavy atom. The lowest BCUT2D eigenvalue weighted by molar-refractivity contribution is 0.578.